The Morgan fingerprint density at radius 3 is 2.24 bits per heavy atom. The number of nitrogens with one attached hydrogen (secondary N) is 1. The van der Waals surface area contributed by atoms with Crippen LogP contribution in [-0.4, -0.2) is 27.1 Å². The second-order valence-electron chi connectivity index (χ2n) is 6.05. The molecule has 0 radical (unpaired) electrons. The number of hydrogen-bond acceptors (Lipinski definition) is 3. The lowest BCUT2D eigenvalue weighted by molar-refractivity contribution is -0.114. The van der Waals surface area contributed by atoms with E-state index < -0.39 is 28.3 Å². The van der Waals surface area contributed by atoms with Gasteiger partial charge in [0.1, 0.15) is 12.4 Å². The molecule has 0 bridgehead atoms. The van der Waals surface area contributed by atoms with Crippen molar-refractivity contribution in [3.8, 4) is 0 Å². The van der Waals surface area contributed by atoms with E-state index in [4.69, 9.17) is 0 Å². The lowest BCUT2D eigenvalue weighted by Gasteiger charge is -2.22. The normalized spacial score (nSPS) is 11.4. The highest BCUT2D eigenvalue weighted by Gasteiger charge is 2.23. The van der Waals surface area contributed by atoms with Gasteiger partial charge >= 0.3 is 0 Å². The minimum absolute atomic E-state index is 0.157. The Morgan fingerprint density at radius 1 is 1.12 bits per heavy atom. The molecule has 0 unspecified atom stereocenters. The first-order valence-electron chi connectivity index (χ1n) is 7.80. The third-order valence-corrected chi connectivity index (χ3v) is 4.80. The number of benzene rings is 2. The van der Waals surface area contributed by atoms with E-state index >= 15 is 0 Å². The topological polar surface area (TPSA) is 66.5 Å². The summed E-state index contributed by atoms with van der Waals surface area (Å²) in [6.45, 7) is 3.61. The molecule has 2 aromatic carbocycles. The molecule has 134 valence electrons. The van der Waals surface area contributed by atoms with Gasteiger partial charge in [-0.05, 0) is 35.7 Å². The molecule has 0 fully saturated rings. The van der Waals surface area contributed by atoms with Crippen LogP contribution in [0.15, 0.2) is 48.5 Å². The van der Waals surface area contributed by atoms with Gasteiger partial charge in [0.05, 0.1) is 11.9 Å². The number of carbonyl (C=O) groups is 1. The molecule has 0 aliphatic heterocycles. The number of sulfonamides is 1. The van der Waals surface area contributed by atoms with Crippen LogP contribution in [0.5, 0.6) is 0 Å². The molecule has 5 nitrogen and oxygen atoms in total. The zero-order chi connectivity index (χ0) is 18.6. The van der Waals surface area contributed by atoms with Gasteiger partial charge < -0.3 is 5.32 Å². The van der Waals surface area contributed by atoms with Gasteiger partial charge in [0.25, 0.3) is 0 Å². The number of para-hydroxylation sites is 1. The third-order valence-electron chi connectivity index (χ3n) is 3.67. The summed E-state index contributed by atoms with van der Waals surface area (Å²) in [4.78, 5) is 12.2. The number of halogens is 1. The highest BCUT2D eigenvalue weighted by molar-refractivity contribution is 7.92. The quantitative estimate of drug-likeness (QED) is 0.855. The van der Waals surface area contributed by atoms with E-state index in [1.165, 1.54) is 18.2 Å². The fourth-order valence-corrected chi connectivity index (χ4v) is 3.17. The summed E-state index contributed by atoms with van der Waals surface area (Å²) >= 11 is 0. The molecule has 0 aromatic heterocycles. The van der Waals surface area contributed by atoms with Gasteiger partial charge in [-0.15, -0.1) is 0 Å². The van der Waals surface area contributed by atoms with Crippen LogP contribution in [0.25, 0.3) is 0 Å². The maximum absolute atomic E-state index is 13.9. The summed E-state index contributed by atoms with van der Waals surface area (Å²) in [6, 6.07) is 12.7. The summed E-state index contributed by atoms with van der Waals surface area (Å²) in [6.07, 6.45) is 0.935. The van der Waals surface area contributed by atoms with Gasteiger partial charge in [-0.2, -0.15) is 0 Å². The van der Waals surface area contributed by atoms with Crippen molar-refractivity contribution in [2.45, 2.75) is 19.8 Å². The smallest absolute Gasteiger partial charge is 0.245 e. The molecule has 0 heterocycles. The van der Waals surface area contributed by atoms with Gasteiger partial charge in [-0.25, -0.2) is 12.8 Å². The zero-order valence-electron chi connectivity index (χ0n) is 14.4. The van der Waals surface area contributed by atoms with Crippen LogP contribution in [-0.2, 0) is 14.8 Å². The summed E-state index contributed by atoms with van der Waals surface area (Å²) in [5.74, 6) is -0.889. The fraction of sp³-hybridized carbons (Fsp3) is 0.278. The van der Waals surface area contributed by atoms with E-state index in [-0.39, 0.29) is 5.69 Å². The molecule has 0 aliphatic carbocycles. The Morgan fingerprint density at radius 2 is 1.72 bits per heavy atom. The number of anilines is 2. The van der Waals surface area contributed by atoms with E-state index in [1.807, 2.05) is 12.1 Å². The molecule has 0 atom stereocenters. The Balaban J connectivity index is 2.16. The maximum Gasteiger partial charge on any atom is 0.245 e. The largest absolute Gasteiger partial charge is 0.325 e. The molecular formula is C18H21FN2O3S. The lowest BCUT2D eigenvalue weighted by Crippen LogP contribution is -2.38. The van der Waals surface area contributed by atoms with Crippen molar-refractivity contribution in [1.82, 2.24) is 0 Å². The van der Waals surface area contributed by atoms with Crippen molar-refractivity contribution in [3.05, 3.63) is 59.9 Å². The van der Waals surface area contributed by atoms with Crippen LogP contribution in [0.1, 0.15) is 25.3 Å². The molecule has 7 heteroatoms. The second kappa shape index (κ2) is 7.65. The van der Waals surface area contributed by atoms with Gasteiger partial charge in [0, 0.05) is 5.69 Å². The third kappa shape index (κ3) is 5.03. The molecule has 1 N–H and O–H groups in total. The van der Waals surface area contributed by atoms with E-state index in [9.17, 15) is 17.6 Å². The van der Waals surface area contributed by atoms with E-state index in [0.29, 0.717) is 11.6 Å². The highest BCUT2D eigenvalue weighted by atomic mass is 32.2. The van der Waals surface area contributed by atoms with E-state index in [2.05, 4.69) is 19.2 Å². The molecule has 2 rings (SSSR count). The summed E-state index contributed by atoms with van der Waals surface area (Å²) in [7, 11) is -3.81. The molecule has 2 aromatic rings. The van der Waals surface area contributed by atoms with Crippen molar-refractivity contribution in [2.24, 2.45) is 0 Å². The zero-order valence-corrected chi connectivity index (χ0v) is 15.2. The van der Waals surface area contributed by atoms with Crippen molar-refractivity contribution < 1.29 is 17.6 Å². The highest BCUT2D eigenvalue weighted by Crippen LogP contribution is 2.22. The molecule has 0 spiro atoms. The standard InChI is InChI=1S/C18H21FN2O3S/c1-13(2)14-8-10-15(11-9-14)20-18(22)12-21(25(3,23)24)17-7-5-4-6-16(17)19/h4-11,13H,12H2,1-3H3,(H,20,22). The Hall–Kier alpha value is -2.41. The number of rotatable bonds is 6. The average Bonchev–Trinajstić information content (AvgIpc) is 2.53. The fourth-order valence-electron chi connectivity index (χ4n) is 2.32. The van der Waals surface area contributed by atoms with Crippen molar-refractivity contribution in [2.75, 3.05) is 22.4 Å². The average molecular weight is 364 g/mol. The first-order chi connectivity index (χ1) is 11.7. The first kappa shape index (κ1) is 18.9. The van der Waals surface area contributed by atoms with Crippen LogP contribution in [0.2, 0.25) is 0 Å². The van der Waals surface area contributed by atoms with E-state index in [0.717, 1.165) is 22.2 Å². The Bertz CT molecular complexity index is 849. The molecule has 0 aliphatic rings. The van der Waals surface area contributed by atoms with Crippen LogP contribution in [0.3, 0.4) is 0 Å². The predicted octanol–water partition coefficient (Wildman–Crippen LogP) is 3.35. The van der Waals surface area contributed by atoms with Crippen molar-refractivity contribution in [3.63, 3.8) is 0 Å². The van der Waals surface area contributed by atoms with Crippen LogP contribution < -0.4 is 9.62 Å². The molecule has 0 saturated heterocycles. The SMILES string of the molecule is CC(C)c1ccc(NC(=O)CN(c2ccccc2F)S(C)(=O)=O)cc1. The summed E-state index contributed by atoms with van der Waals surface area (Å²) in [5.41, 5.74) is 1.52. The number of hydrogen-bond donors (Lipinski definition) is 1. The number of amides is 1. The van der Waals surface area contributed by atoms with Gasteiger partial charge in [0.15, 0.2) is 0 Å². The lowest BCUT2D eigenvalue weighted by atomic mass is 10.0. The number of nitrogens with zero attached hydrogens (tertiary/aromatic N) is 1. The van der Waals surface area contributed by atoms with Crippen LogP contribution in [0, 0.1) is 5.82 Å². The minimum Gasteiger partial charge on any atom is -0.325 e. The predicted molar refractivity (Wildman–Crippen MR) is 97.8 cm³/mol. The maximum atomic E-state index is 13.9. The Kier molecular flexibility index (Phi) is 5.79. The molecule has 0 saturated carbocycles. The monoisotopic (exact) mass is 364 g/mol. The first-order valence-corrected chi connectivity index (χ1v) is 9.65. The summed E-state index contributed by atoms with van der Waals surface area (Å²) in [5, 5.41) is 2.63. The van der Waals surface area contributed by atoms with Crippen LogP contribution in [0.4, 0.5) is 15.8 Å². The summed E-state index contributed by atoms with van der Waals surface area (Å²) < 4.78 is 38.6. The molecular weight excluding hydrogens is 343 g/mol. The molecule has 25 heavy (non-hydrogen) atoms. The minimum atomic E-state index is -3.81. The van der Waals surface area contributed by atoms with Gasteiger partial charge in [0.2, 0.25) is 15.9 Å². The van der Waals surface area contributed by atoms with Crippen molar-refractivity contribution in [1.29, 1.82) is 0 Å². The van der Waals surface area contributed by atoms with Crippen molar-refractivity contribution >= 4 is 27.3 Å². The Labute approximate surface area is 147 Å². The van der Waals surface area contributed by atoms with E-state index in [1.54, 1.807) is 12.1 Å². The van der Waals surface area contributed by atoms with Crippen LogP contribution >= 0.6 is 0 Å². The van der Waals surface area contributed by atoms with Gasteiger partial charge in [-0.3, -0.25) is 9.10 Å². The molecule has 1 amide bonds. The second-order valence-corrected chi connectivity index (χ2v) is 7.95. The number of carbonyl (C=O) groups excluding carboxylic acids is 1. The van der Waals surface area contributed by atoms with Gasteiger partial charge in [-0.1, -0.05) is 38.1 Å².